The van der Waals surface area contributed by atoms with Gasteiger partial charge in [-0.3, -0.25) is 19.3 Å². The summed E-state index contributed by atoms with van der Waals surface area (Å²) in [5, 5.41) is 2.40. The number of rotatable bonds is 8. The van der Waals surface area contributed by atoms with E-state index in [4.69, 9.17) is 9.47 Å². The molecule has 1 heterocycles. The lowest BCUT2D eigenvalue weighted by Gasteiger charge is -2.13. The van der Waals surface area contributed by atoms with Gasteiger partial charge < -0.3 is 14.8 Å². The minimum Gasteiger partial charge on any atom is -0.493 e. The molecular weight excluding hydrogens is 483 g/mol. The molecule has 1 saturated heterocycles. The van der Waals surface area contributed by atoms with Gasteiger partial charge in [-0.25, -0.2) is 4.39 Å². The molecule has 7 nitrogen and oxygen atoms in total. The predicted molar refractivity (Wildman–Crippen MR) is 136 cm³/mol. The number of imide groups is 1. The lowest BCUT2D eigenvalue weighted by Crippen LogP contribution is -2.27. The molecule has 0 radical (unpaired) electrons. The molecule has 3 amide bonds. The Morgan fingerprint density at radius 1 is 1.06 bits per heavy atom. The normalized spacial score (nSPS) is 14.3. The molecule has 1 aliphatic heterocycles. The zero-order chi connectivity index (χ0) is 25.7. The quantitative estimate of drug-likeness (QED) is 0.412. The number of thioether (sulfide) groups is 1. The Hall–Kier alpha value is -4.11. The first-order chi connectivity index (χ1) is 17.3. The maximum atomic E-state index is 13.1. The molecule has 9 heteroatoms. The zero-order valence-corrected chi connectivity index (χ0v) is 20.4. The number of halogens is 1. The lowest BCUT2D eigenvalue weighted by molar-refractivity contribution is -0.123. The topological polar surface area (TPSA) is 84.9 Å². The summed E-state index contributed by atoms with van der Waals surface area (Å²) in [6, 6.07) is 18.1. The Morgan fingerprint density at radius 3 is 2.53 bits per heavy atom. The third-order valence-corrected chi connectivity index (χ3v) is 6.30. The van der Waals surface area contributed by atoms with Gasteiger partial charge in [0.25, 0.3) is 17.1 Å². The molecule has 3 aromatic rings. The monoisotopic (exact) mass is 506 g/mol. The molecular formula is C27H23FN2O5S. The SMILES string of the molecule is COc1cc(/C=C2\SC(=O)N(Cc3ccc(F)cc3)C2=O)ccc1OCC(=O)Nc1ccccc1C. The van der Waals surface area contributed by atoms with Crippen molar-refractivity contribution in [3.63, 3.8) is 0 Å². The van der Waals surface area contributed by atoms with Gasteiger partial charge in [0.1, 0.15) is 5.82 Å². The first-order valence-corrected chi connectivity index (χ1v) is 11.8. The number of ether oxygens (including phenoxy) is 2. The lowest BCUT2D eigenvalue weighted by atomic mass is 10.1. The molecule has 0 aromatic heterocycles. The molecule has 1 fully saturated rings. The highest BCUT2D eigenvalue weighted by Gasteiger charge is 2.35. The van der Waals surface area contributed by atoms with Crippen molar-refractivity contribution in [2.45, 2.75) is 13.5 Å². The first kappa shape index (κ1) is 25.0. The van der Waals surface area contributed by atoms with Crippen molar-refractivity contribution < 1.29 is 28.2 Å². The van der Waals surface area contributed by atoms with Crippen LogP contribution in [0.15, 0.2) is 71.6 Å². The van der Waals surface area contributed by atoms with Crippen LogP contribution in [0.5, 0.6) is 11.5 Å². The van der Waals surface area contributed by atoms with Crippen molar-refractivity contribution in [3.8, 4) is 11.5 Å². The summed E-state index contributed by atoms with van der Waals surface area (Å²) < 4.78 is 24.2. The number of nitrogens with one attached hydrogen (secondary N) is 1. The number of anilines is 1. The number of carbonyl (C=O) groups is 3. The minimum atomic E-state index is -0.429. The van der Waals surface area contributed by atoms with Crippen LogP contribution >= 0.6 is 11.8 Å². The Bertz CT molecular complexity index is 1340. The zero-order valence-electron chi connectivity index (χ0n) is 19.6. The minimum absolute atomic E-state index is 0.0585. The fourth-order valence-corrected chi connectivity index (χ4v) is 4.33. The largest absolute Gasteiger partial charge is 0.493 e. The van der Waals surface area contributed by atoms with Gasteiger partial charge in [0.2, 0.25) is 0 Å². The Balaban J connectivity index is 1.42. The van der Waals surface area contributed by atoms with Crippen LogP contribution in [0.2, 0.25) is 0 Å². The van der Waals surface area contributed by atoms with Crippen LogP contribution in [0.25, 0.3) is 6.08 Å². The maximum Gasteiger partial charge on any atom is 0.293 e. The number of hydrogen-bond acceptors (Lipinski definition) is 6. The van der Waals surface area contributed by atoms with Crippen molar-refractivity contribution in [1.29, 1.82) is 0 Å². The molecule has 1 aliphatic rings. The third-order valence-electron chi connectivity index (χ3n) is 5.39. The van der Waals surface area contributed by atoms with Crippen molar-refractivity contribution in [2.75, 3.05) is 19.0 Å². The molecule has 36 heavy (non-hydrogen) atoms. The highest BCUT2D eigenvalue weighted by atomic mass is 32.2. The summed E-state index contributed by atoms with van der Waals surface area (Å²) in [5.74, 6) is -0.398. The molecule has 1 N–H and O–H groups in total. The highest BCUT2D eigenvalue weighted by Crippen LogP contribution is 2.35. The Labute approximate surface area is 211 Å². The number of methoxy groups -OCH3 is 1. The number of amides is 3. The van der Waals surface area contributed by atoms with E-state index in [0.717, 1.165) is 22.2 Å². The molecule has 4 rings (SSSR count). The van der Waals surface area contributed by atoms with E-state index in [1.54, 1.807) is 24.3 Å². The molecule has 0 aliphatic carbocycles. The van der Waals surface area contributed by atoms with Crippen LogP contribution < -0.4 is 14.8 Å². The van der Waals surface area contributed by atoms with E-state index >= 15 is 0 Å². The number of hydrogen-bond donors (Lipinski definition) is 1. The van der Waals surface area contributed by atoms with E-state index in [9.17, 15) is 18.8 Å². The van der Waals surface area contributed by atoms with Gasteiger partial charge in [-0.15, -0.1) is 0 Å². The van der Waals surface area contributed by atoms with Gasteiger partial charge in [0.05, 0.1) is 18.6 Å². The van der Waals surface area contributed by atoms with Gasteiger partial charge in [-0.05, 0) is 71.8 Å². The molecule has 0 saturated carbocycles. The van der Waals surface area contributed by atoms with E-state index < -0.39 is 11.1 Å². The van der Waals surface area contributed by atoms with Crippen LogP contribution in [-0.4, -0.2) is 35.7 Å². The summed E-state index contributed by atoms with van der Waals surface area (Å²) >= 11 is 0.832. The second-order valence-corrected chi connectivity index (χ2v) is 8.95. The van der Waals surface area contributed by atoms with Gasteiger partial charge in [-0.2, -0.15) is 0 Å². The molecule has 0 unspecified atom stereocenters. The van der Waals surface area contributed by atoms with E-state index in [2.05, 4.69) is 5.32 Å². The summed E-state index contributed by atoms with van der Waals surface area (Å²) in [4.78, 5) is 38.9. The number of carbonyl (C=O) groups excluding carboxylic acids is 3. The van der Waals surface area contributed by atoms with Crippen LogP contribution in [0, 0.1) is 12.7 Å². The Kier molecular flexibility index (Phi) is 7.70. The number of benzene rings is 3. The van der Waals surface area contributed by atoms with E-state index in [1.807, 2.05) is 31.2 Å². The fraction of sp³-hybridized carbons (Fsp3) is 0.148. The maximum absolute atomic E-state index is 13.1. The highest BCUT2D eigenvalue weighted by molar-refractivity contribution is 8.18. The molecule has 3 aromatic carbocycles. The standard InChI is InChI=1S/C27H23FN2O5S/c1-17-5-3-4-6-21(17)29-25(31)16-35-22-12-9-19(13-23(22)34-2)14-24-26(32)30(27(33)36-24)15-18-7-10-20(28)11-8-18/h3-14H,15-16H2,1-2H3,(H,29,31)/b24-14-. The molecule has 0 bridgehead atoms. The molecule has 0 spiro atoms. The second-order valence-electron chi connectivity index (χ2n) is 7.96. The summed E-state index contributed by atoms with van der Waals surface area (Å²) in [7, 11) is 1.47. The second kappa shape index (κ2) is 11.1. The van der Waals surface area contributed by atoms with E-state index in [-0.39, 0.29) is 29.8 Å². The van der Waals surface area contributed by atoms with E-state index in [0.29, 0.717) is 28.3 Å². The summed E-state index contributed by atoms with van der Waals surface area (Å²) in [5.41, 5.74) is 2.92. The van der Waals surface area contributed by atoms with Gasteiger partial charge in [0, 0.05) is 5.69 Å². The predicted octanol–water partition coefficient (Wildman–Crippen LogP) is 5.40. The van der Waals surface area contributed by atoms with Crippen molar-refractivity contribution in [1.82, 2.24) is 4.90 Å². The summed E-state index contributed by atoms with van der Waals surface area (Å²) in [6.07, 6.45) is 1.59. The van der Waals surface area contributed by atoms with Crippen molar-refractivity contribution >= 4 is 40.6 Å². The smallest absolute Gasteiger partial charge is 0.293 e. The van der Waals surface area contributed by atoms with E-state index in [1.165, 1.54) is 31.4 Å². The number of aryl methyl sites for hydroxylation is 1. The fourth-order valence-electron chi connectivity index (χ4n) is 3.50. The van der Waals surface area contributed by atoms with Crippen molar-refractivity contribution in [3.05, 3.63) is 94.1 Å². The van der Waals surface area contributed by atoms with Crippen LogP contribution in [0.1, 0.15) is 16.7 Å². The van der Waals surface area contributed by atoms with Crippen LogP contribution in [0.3, 0.4) is 0 Å². The number of para-hydroxylation sites is 1. The third kappa shape index (κ3) is 5.92. The molecule has 0 atom stereocenters. The van der Waals surface area contributed by atoms with Crippen molar-refractivity contribution in [2.24, 2.45) is 0 Å². The first-order valence-electron chi connectivity index (χ1n) is 11.0. The van der Waals surface area contributed by atoms with Gasteiger partial charge in [0.15, 0.2) is 18.1 Å². The number of nitrogens with zero attached hydrogens (tertiary/aromatic N) is 1. The summed E-state index contributed by atoms with van der Waals surface area (Å²) in [6.45, 7) is 1.74. The molecule has 184 valence electrons. The average molecular weight is 507 g/mol. The Morgan fingerprint density at radius 2 is 1.81 bits per heavy atom. The van der Waals surface area contributed by atoms with Gasteiger partial charge in [-0.1, -0.05) is 36.4 Å². The van der Waals surface area contributed by atoms with Crippen LogP contribution in [0.4, 0.5) is 14.9 Å². The van der Waals surface area contributed by atoms with Gasteiger partial charge >= 0.3 is 0 Å². The van der Waals surface area contributed by atoms with Crippen LogP contribution in [-0.2, 0) is 16.1 Å². The average Bonchev–Trinajstić information content (AvgIpc) is 3.13.